The fourth-order valence-corrected chi connectivity index (χ4v) is 7.95. The van der Waals surface area contributed by atoms with Crippen LogP contribution < -0.4 is 0 Å². The summed E-state index contributed by atoms with van der Waals surface area (Å²) in [4.78, 5) is 4.43. The van der Waals surface area contributed by atoms with Gasteiger partial charge in [-0.15, -0.1) is 0 Å². The Morgan fingerprint density at radius 2 is 0.894 bits per heavy atom. The van der Waals surface area contributed by atoms with Crippen molar-refractivity contribution in [1.29, 1.82) is 0 Å². The van der Waals surface area contributed by atoms with Crippen molar-refractivity contribution >= 4 is 65.4 Å². The van der Waals surface area contributed by atoms with E-state index in [1.54, 1.807) is 0 Å². The Hall–Kier alpha value is -6.13. The molecule has 0 aliphatic carbocycles. The molecule has 0 amide bonds. The van der Waals surface area contributed by atoms with Crippen LogP contribution in [0.1, 0.15) is 5.56 Å². The van der Waals surface area contributed by atoms with Gasteiger partial charge < -0.3 is 13.7 Å². The zero-order valence-corrected chi connectivity index (χ0v) is 25.7. The summed E-state index contributed by atoms with van der Waals surface area (Å²) in [5.74, 6) is 0. The van der Waals surface area contributed by atoms with Gasteiger partial charge in [-0.25, -0.2) is 0 Å². The van der Waals surface area contributed by atoms with Crippen LogP contribution in [0.15, 0.2) is 158 Å². The maximum atomic E-state index is 4.43. The van der Waals surface area contributed by atoms with E-state index >= 15 is 0 Å². The summed E-state index contributed by atoms with van der Waals surface area (Å²) in [6, 6.07) is 52.7. The molecule has 10 aromatic rings. The van der Waals surface area contributed by atoms with Crippen LogP contribution >= 0.6 is 0 Å². The van der Waals surface area contributed by atoms with Crippen LogP contribution in [-0.4, -0.2) is 18.7 Å². The highest BCUT2D eigenvalue weighted by Crippen LogP contribution is 2.49. The van der Waals surface area contributed by atoms with Gasteiger partial charge >= 0.3 is 0 Å². The second kappa shape index (κ2) is 10.2. The van der Waals surface area contributed by atoms with Gasteiger partial charge in [0.1, 0.15) is 0 Å². The Morgan fingerprint density at radius 1 is 0.426 bits per heavy atom. The van der Waals surface area contributed by atoms with E-state index in [0.717, 1.165) is 24.3 Å². The molecule has 0 bridgehead atoms. The van der Waals surface area contributed by atoms with Crippen molar-refractivity contribution < 1.29 is 0 Å². The average Bonchev–Trinajstić information content (AvgIpc) is 3.78. The smallest absolute Gasteiger partial charge is 0.0662 e. The molecule has 10 rings (SSSR count). The molecule has 0 saturated carbocycles. The molecule has 6 aromatic carbocycles. The topological polar surface area (TPSA) is 27.7 Å². The van der Waals surface area contributed by atoms with Gasteiger partial charge in [-0.3, -0.25) is 4.98 Å². The molecule has 47 heavy (non-hydrogen) atoms. The first-order valence-electron chi connectivity index (χ1n) is 16.3. The predicted octanol–water partition coefficient (Wildman–Crippen LogP) is 10.6. The highest BCUT2D eigenvalue weighted by atomic mass is 15.0. The number of nitrogens with zero attached hydrogens (tertiary/aromatic N) is 4. The Bertz CT molecular complexity index is 2700. The van der Waals surface area contributed by atoms with Crippen LogP contribution in [0.25, 0.3) is 76.8 Å². The number of benzene rings is 6. The number of para-hydroxylation sites is 5. The standard InChI is InChI=1S/C43H30N4/c1-3-15-30(16-4-1)46-36-23-11-8-20-33(36)39-41-38(32-19-7-10-22-35(32)45(41)27-25-29-14-13-26-44-28-29)42-40(43(39)46)34-21-9-12-24-37(34)47(42)31-17-5-2-6-18-31/h1-24,26,28H,25,27H2. The maximum Gasteiger partial charge on any atom is 0.0662 e. The molecule has 0 spiro atoms. The lowest BCUT2D eigenvalue weighted by atomic mass is 10.0. The molecule has 4 nitrogen and oxygen atoms in total. The van der Waals surface area contributed by atoms with Gasteiger partial charge in [-0.2, -0.15) is 0 Å². The third kappa shape index (κ3) is 3.73. The van der Waals surface area contributed by atoms with Crippen molar-refractivity contribution in [2.45, 2.75) is 13.0 Å². The van der Waals surface area contributed by atoms with Gasteiger partial charge in [-0.05, 0) is 60.5 Å². The molecule has 4 heterocycles. The average molecular weight is 603 g/mol. The number of aromatic nitrogens is 4. The van der Waals surface area contributed by atoms with E-state index in [1.807, 2.05) is 18.5 Å². The lowest BCUT2D eigenvalue weighted by Crippen LogP contribution is -2.02. The van der Waals surface area contributed by atoms with Crippen molar-refractivity contribution in [1.82, 2.24) is 18.7 Å². The predicted molar refractivity (Wildman–Crippen MR) is 196 cm³/mol. The van der Waals surface area contributed by atoms with E-state index in [2.05, 4.69) is 158 Å². The van der Waals surface area contributed by atoms with E-state index in [9.17, 15) is 0 Å². The lowest BCUT2D eigenvalue weighted by Gasteiger charge is -2.13. The highest BCUT2D eigenvalue weighted by Gasteiger charge is 2.28. The molecule has 4 aromatic heterocycles. The fraction of sp³-hybridized carbons (Fsp3) is 0.0465. The van der Waals surface area contributed by atoms with Crippen molar-refractivity contribution in [2.24, 2.45) is 0 Å². The Morgan fingerprint density at radius 3 is 1.43 bits per heavy atom. The third-order valence-electron chi connectivity index (χ3n) is 9.81. The number of pyridine rings is 1. The molecule has 0 fully saturated rings. The van der Waals surface area contributed by atoms with Crippen molar-refractivity contribution in [3.8, 4) is 11.4 Å². The SMILES string of the molecule is c1ccc(-n2c3ccccc3c3c4c(c5ccccc5n4CCc4cccnc4)c4c(c5ccccc5n4-c4ccccc4)c32)cc1. The number of hydrogen-bond donors (Lipinski definition) is 0. The summed E-state index contributed by atoms with van der Waals surface area (Å²) in [5.41, 5.74) is 11.0. The Kier molecular flexibility index (Phi) is 5.67. The van der Waals surface area contributed by atoms with Gasteiger partial charge in [0.15, 0.2) is 0 Å². The monoisotopic (exact) mass is 602 g/mol. The fourth-order valence-electron chi connectivity index (χ4n) is 7.95. The molecular formula is C43H30N4. The summed E-state index contributed by atoms with van der Waals surface area (Å²) in [6.45, 7) is 0.840. The molecule has 0 N–H and O–H groups in total. The van der Waals surface area contributed by atoms with Gasteiger partial charge in [0.05, 0.1) is 27.6 Å². The Labute approximate surface area is 271 Å². The molecular weight excluding hydrogens is 573 g/mol. The summed E-state index contributed by atoms with van der Waals surface area (Å²) in [5, 5.41) is 7.67. The largest absolute Gasteiger partial charge is 0.339 e. The van der Waals surface area contributed by atoms with Crippen LogP contribution in [-0.2, 0) is 13.0 Å². The summed E-state index contributed by atoms with van der Waals surface area (Å²) in [7, 11) is 0. The second-order valence-electron chi connectivity index (χ2n) is 12.3. The third-order valence-corrected chi connectivity index (χ3v) is 9.81. The maximum absolute atomic E-state index is 4.43. The molecule has 0 radical (unpaired) electrons. The van der Waals surface area contributed by atoms with Crippen molar-refractivity contribution in [3.63, 3.8) is 0 Å². The van der Waals surface area contributed by atoms with E-state index in [4.69, 9.17) is 0 Å². The molecule has 4 heteroatoms. The summed E-state index contributed by atoms with van der Waals surface area (Å²) < 4.78 is 7.57. The second-order valence-corrected chi connectivity index (χ2v) is 12.3. The minimum atomic E-state index is 0.840. The first kappa shape index (κ1) is 26.1. The van der Waals surface area contributed by atoms with Gasteiger partial charge in [0.2, 0.25) is 0 Å². The van der Waals surface area contributed by atoms with E-state index in [0.29, 0.717) is 0 Å². The molecule has 0 aliphatic rings. The molecule has 222 valence electrons. The number of fused-ring (bicyclic) bond motifs is 12. The van der Waals surface area contributed by atoms with Crippen LogP contribution in [0.3, 0.4) is 0 Å². The number of rotatable bonds is 5. The van der Waals surface area contributed by atoms with Gasteiger partial charge in [0, 0.05) is 68.1 Å². The number of aryl methyl sites for hydroxylation is 2. The van der Waals surface area contributed by atoms with Crippen LogP contribution in [0.5, 0.6) is 0 Å². The zero-order valence-electron chi connectivity index (χ0n) is 25.7. The van der Waals surface area contributed by atoms with E-state index < -0.39 is 0 Å². The van der Waals surface area contributed by atoms with Gasteiger partial charge in [0.25, 0.3) is 0 Å². The van der Waals surface area contributed by atoms with Gasteiger partial charge in [-0.1, -0.05) is 97.1 Å². The van der Waals surface area contributed by atoms with Crippen LogP contribution in [0.4, 0.5) is 0 Å². The van der Waals surface area contributed by atoms with Crippen LogP contribution in [0.2, 0.25) is 0 Å². The van der Waals surface area contributed by atoms with Crippen LogP contribution in [0, 0.1) is 0 Å². The summed E-state index contributed by atoms with van der Waals surface area (Å²) in [6.07, 6.45) is 4.74. The zero-order chi connectivity index (χ0) is 30.9. The minimum Gasteiger partial charge on any atom is -0.339 e. The number of hydrogen-bond acceptors (Lipinski definition) is 1. The molecule has 0 atom stereocenters. The molecule has 0 aliphatic heterocycles. The quantitative estimate of drug-likeness (QED) is 0.193. The van der Waals surface area contributed by atoms with Crippen molar-refractivity contribution in [2.75, 3.05) is 0 Å². The Balaban J connectivity index is 1.52. The molecule has 0 unspecified atom stereocenters. The van der Waals surface area contributed by atoms with Crippen molar-refractivity contribution in [3.05, 3.63) is 164 Å². The van der Waals surface area contributed by atoms with E-state index in [-0.39, 0.29) is 0 Å². The lowest BCUT2D eigenvalue weighted by molar-refractivity contribution is 0.744. The molecule has 0 saturated heterocycles. The minimum absolute atomic E-state index is 0.840. The highest BCUT2D eigenvalue weighted by molar-refractivity contribution is 6.40. The first-order chi connectivity index (χ1) is 23.4. The summed E-state index contributed by atoms with van der Waals surface area (Å²) >= 11 is 0. The normalized spacial score (nSPS) is 12.0. The first-order valence-corrected chi connectivity index (χ1v) is 16.3. The van der Waals surface area contributed by atoms with E-state index in [1.165, 1.54) is 71.0 Å².